The Bertz CT molecular complexity index is 2100. The van der Waals surface area contributed by atoms with Gasteiger partial charge in [0.1, 0.15) is 42.0 Å². The summed E-state index contributed by atoms with van der Waals surface area (Å²) in [6, 6.07) is 6.27. The van der Waals surface area contributed by atoms with Crippen molar-refractivity contribution in [2.45, 2.75) is 108 Å². The summed E-state index contributed by atoms with van der Waals surface area (Å²) < 4.78 is 0. The van der Waals surface area contributed by atoms with E-state index in [4.69, 9.17) is 11.5 Å². The second-order valence-electron chi connectivity index (χ2n) is 16.4. The highest BCUT2D eigenvalue weighted by Crippen LogP contribution is 2.21. The fourth-order valence-electron chi connectivity index (χ4n) is 6.89. The molecule has 8 atom stereocenters. The summed E-state index contributed by atoms with van der Waals surface area (Å²) >= 11 is 2.82. The van der Waals surface area contributed by atoms with E-state index in [9.17, 15) is 48.6 Å². The van der Waals surface area contributed by atoms with Crippen LogP contribution >= 0.6 is 23.5 Å². The maximum Gasteiger partial charge on any atom is 0.305 e. The van der Waals surface area contributed by atoms with Gasteiger partial charge in [-0.2, -0.15) is 23.5 Å². The minimum atomic E-state index is -1.55. The largest absolute Gasteiger partial charge is 0.508 e. The summed E-state index contributed by atoms with van der Waals surface area (Å²) in [6.45, 7) is 5.36. The topological polar surface area (TPSA) is 330 Å². The molecule has 22 heteroatoms. The van der Waals surface area contributed by atoms with Gasteiger partial charge in [0.2, 0.25) is 41.4 Å². The van der Waals surface area contributed by atoms with Crippen LogP contribution in [0.4, 0.5) is 0 Å². The number of carbonyl (C=O) groups is 8. The molecule has 0 spiro atoms. The van der Waals surface area contributed by atoms with E-state index in [-0.39, 0.29) is 43.8 Å². The molecular weight excluding hydrogens is 905 g/mol. The number of imidazole rings is 1. The molecule has 0 bridgehead atoms. The zero-order valence-electron chi connectivity index (χ0n) is 38.3. The van der Waals surface area contributed by atoms with Crippen molar-refractivity contribution in [1.82, 2.24) is 41.9 Å². The van der Waals surface area contributed by atoms with E-state index in [1.165, 1.54) is 48.2 Å². The molecule has 7 amide bonds. The number of hydrogen-bond acceptors (Lipinski definition) is 13. The Morgan fingerprint density at radius 1 is 0.672 bits per heavy atom. The molecule has 0 aliphatic carbocycles. The molecule has 13 N–H and O–H groups in total. The first kappa shape index (κ1) is 55.2. The standard InChI is InChI=1S/C45H64N10O10S2/c1-25(2)19-35(43(63)51-32(15-17-66-4)41(61)52-34(39(47)59)22-37(57)58)53-44(64)36(21-29-23-48-24-49-29)54-45(65)38(26(3)28-9-7-6-8-10-28)55-42(62)33(16-18-67-5)50-40(60)31(46)20-27-11-13-30(56)14-12-27/h6-14,23-26,31-36,38,56H,15-22,46H2,1-5H3,(H2,47,59)(H,48,49)(H,50,60)(H,51,63)(H,52,61)(H,53,64)(H,54,65)(H,55,62)(H,57,58)/t26?,31-,32-,33+,34-,35-,36-,38-/m0/s1. The predicted molar refractivity (Wildman–Crippen MR) is 255 cm³/mol. The molecule has 1 aromatic heterocycles. The monoisotopic (exact) mass is 968 g/mol. The summed E-state index contributed by atoms with van der Waals surface area (Å²) in [7, 11) is 0. The number of phenolic OH excluding ortho intramolecular Hbond substituents is 1. The van der Waals surface area contributed by atoms with Crippen molar-refractivity contribution in [3.05, 3.63) is 83.9 Å². The van der Waals surface area contributed by atoms with Crippen LogP contribution in [0.15, 0.2) is 67.1 Å². The van der Waals surface area contributed by atoms with Crippen LogP contribution in [0.3, 0.4) is 0 Å². The molecule has 1 heterocycles. The molecule has 366 valence electrons. The van der Waals surface area contributed by atoms with Crippen molar-refractivity contribution in [2.75, 3.05) is 24.0 Å². The molecule has 0 aliphatic heterocycles. The Labute approximate surface area is 398 Å². The summed E-state index contributed by atoms with van der Waals surface area (Å²) in [5.74, 6) is -6.81. The Morgan fingerprint density at radius 2 is 1.19 bits per heavy atom. The fourth-order valence-corrected chi connectivity index (χ4v) is 7.83. The molecular formula is C45H64N10O10S2. The number of nitrogens with one attached hydrogen (secondary N) is 7. The van der Waals surface area contributed by atoms with Crippen LogP contribution in [-0.4, -0.2) is 134 Å². The number of aromatic nitrogens is 2. The quantitative estimate of drug-likeness (QED) is 0.0450. The first-order valence-corrected chi connectivity index (χ1v) is 24.5. The Hall–Kier alpha value is -6.13. The van der Waals surface area contributed by atoms with Crippen molar-refractivity contribution in [1.29, 1.82) is 0 Å². The molecule has 3 rings (SSSR count). The van der Waals surface area contributed by atoms with Crippen molar-refractivity contribution < 1.29 is 48.6 Å². The Balaban J connectivity index is 1.93. The number of hydrogen-bond donors (Lipinski definition) is 11. The molecule has 0 saturated carbocycles. The van der Waals surface area contributed by atoms with Gasteiger partial charge in [0.25, 0.3) is 0 Å². The van der Waals surface area contributed by atoms with Crippen molar-refractivity contribution in [2.24, 2.45) is 17.4 Å². The number of rotatable bonds is 29. The van der Waals surface area contributed by atoms with E-state index in [0.29, 0.717) is 28.3 Å². The number of H-pyrrole nitrogens is 1. The van der Waals surface area contributed by atoms with E-state index in [1.807, 2.05) is 20.1 Å². The van der Waals surface area contributed by atoms with Gasteiger partial charge in [0.15, 0.2) is 0 Å². The maximum atomic E-state index is 14.6. The van der Waals surface area contributed by atoms with Gasteiger partial charge in [-0.25, -0.2) is 4.98 Å². The normalized spacial score (nSPS) is 14.7. The van der Waals surface area contributed by atoms with Crippen LogP contribution in [0.25, 0.3) is 0 Å². The van der Waals surface area contributed by atoms with Gasteiger partial charge in [0, 0.05) is 24.2 Å². The average molecular weight is 969 g/mol. The molecule has 0 aliphatic rings. The van der Waals surface area contributed by atoms with Crippen molar-refractivity contribution in [3.8, 4) is 5.75 Å². The smallest absolute Gasteiger partial charge is 0.305 e. The minimum absolute atomic E-state index is 0.0552. The molecule has 0 saturated heterocycles. The third-order valence-corrected chi connectivity index (χ3v) is 11.9. The number of phenols is 1. The highest BCUT2D eigenvalue weighted by atomic mass is 32.2. The number of primary amides is 1. The van der Waals surface area contributed by atoms with Gasteiger partial charge in [-0.3, -0.25) is 38.4 Å². The number of thioether (sulfide) groups is 2. The summed E-state index contributed by atoms with van der Waals surface area (Å²) in [6.07, 6.45) is 6.05. The van der Waals surface area contributed by atoms with Crippen LogP contribution in [0.1, 0.15) is 69.2 Å². The summed E-state index contributed by atoms with van der Waals surface area (Å²) in [5.41, 5.74) is 13.4. The summed E-state index contributed by atoms with van der Waals surface area (Å²) in [5, 5.41) is 34.9. The molecule has 0 fully saturated rings. The zero-order chi connectivity index (χ0) is 49.6. The van der Waals surface area contributed by atoms with Crippen LogP contribution in [0.2, 0.25) is 0 Å². The number of aromatic hydroxyl groups is 1. The highest BCUT2D eigenvalue weighted by molar-refractivity contribution is 7.98. The summed E-state index contributed by atoms with van der Waals surface area (Å²) in [4.78, 5) is 114. The van der Waals surface area contributed by atoms with Crippen LogP contribution in [0, 0.1) is 5.92 Å². The van der Waals surface area contributed by atoms with E-state index in [1.54, 1.807) is 55.6 Å². The highest BCUT2D eigenvalue weighted by Gasteiger charge is 2.36. The number of carbonyl (C=O) groups excluding carboxylic acids is 7. The van der Waals surface area contributed by atoms with Gasteiger partial charge in [-0.05, 0) is 78.9 Å². The van der Waals surface area contributed by atoms with Gasteiger partial charge in [-0.15, -0.1) is 0 Å². The lowest BCUT2D eigenvalue weighted by atomic mass is 9.91. The molecule has 2 aromatic carbocycles. The minimum Gasteiger partial charge on any atom is -0.508 e. The lowest BCUT2D eigenvalue weighted by Gasteiger charge is -2.30. The second-order valence-corrected chi connectivity index (χ2v) is 18.4. The van der Waals surface area contributed by atoms with Gasteiger partial charge in [-0.1, -0.05) is 63.2 Å². The van der Waals surface area contributed by atoms with Gasteiger partial charge >= 0.3 is 5.97 Å². The van der Waals surface area contributed by atoms with Crippen molar-refractivity contribution >= 4 is 70.8 Å². The van der Waals surface area contributed by atoms with E-state index >= 15 is 0 Å². The van der Waals surface area contributed by atoms with Crippen LogP contribution in [-0.2, 0) is 51.2 Å². The first-order chi connectivity index (χ1) is 31.8. The third kappa shape index (κ3) is 18.9. The average Bonchev–Trinajstić information content (AvgIpc) is 3.81. The van der Waals surface area contributed by atoms with Gasteiger partial charge in [0.05, 0.1) is 18.8 Å². The number of carboxylic acid groups (broad SMARTS) is 1. The van der Waals surface area contributed by atoms with E-state index in [2.05, 4.69) is 41.9 Å². The molecule has 0 radical (unpaired) electrons. The Morgan fingerprint density at radius 3 is 1.73 bits per heavy atom. The number of aromatic amines is 1. The van der Waals surface area contributed by atoms with E-state index < -0.39 is 102 Å². The van der Waals surface area contributed by atoms with Crippen LogP contribution in [0.5, 0.6) is 5.75 Å². The van der Waals surface area contributed by atoms with Crippen molar-refractivity contribution in [3.63, 3.8) is 0 Å². The lowest BCUT2D eigenvalue weighted by molar-refractivity contribution is -0.140. The lowest BCUT2D eigenvalue weighted by Crippen LogP contribution is -2.61. The number of aliphatic carboxylic acids is 1. The molecule has 1 unspecified atom stereocenters. The fraction of sp³-hybridized carbons (Fsp3) is 0.489. The Kier molecular flexibility index (Phi) is 23.2. The van der Waals surface area contributed by atoms with E-state index in [0.717, 1.165) is 0 Å². The SMILES string of the molecule is CSCC[C@H](NC(=O)[C@H](CC(C)C)NC(=O)[C@H](Cc1cnc[nH]1)NC(=O)[C@@H](NC(=O)[C@@H](CCSC)NC(=O)[C@@H](N)Cc1ccc(O)cc1)C(C)c1ccccc1)C(=O)N[C@@H](CC(=O)O)C(N)=O. The molecule has 20 nitrogen and oxygen atoms in total. The van der Waals surface area contributed by atoms with Gasteiger partial charge < -0.3 is 58.6 Å². The first-order valence-electron chi connectivity index (χ1n) is 21.7. The number of benzene rings is 2. The zero-order valence-corrected chi connectivity index (χ0v) is 39.9. The van der Waals surface area contributed by atoms with Crippen LogP contribution < -0.4 is 43.4 Å². The number of amides is 7. The molecule has 67 heavy (non-hydrogen) atoms. The molecule has 3 aromatic rings. The number of carboxylic acids is 1. The number of nitrogens with two attached hydrogens (primary N) is 2. The number of nitrogens with zero attached hydrogens (tertiary/aromatic N) is 1. The predicted octanol–water partition coefficient (Wildman–Crippen LogP) is 0.453. The third-order valence-electron chi connectivity index (χ3n) is 10.6. The second kappa shape index (κ2) is 28.1. The maximum absolute atomic E-state index is 14.6.